The minimum absolute atomic E-state index is 0.103. The molecule has 0 heterocycles. The molecule has 0 amide bonds. The molecule has 1 unspecified atom stereocenters. The maximum atomic E-state index is 13.9. The Morgan fingerprint density at radius 2 is 1.68 bits per heavy atom. The predicted molar refractivity (Wildman–Crippen MR) is 137 cm³/mol. The van der Waals surface area contributed by atoms with Gasteiger partial charge in [-0.1, -0.05) is 49.7 Å². The molecule has 4 N–H and O–H groups in total. The topological polar surface area (TPSA) is 132 Å². The maximum absolute atomic E-state index is 13.9. The molecule has 0 bridgehead atoms. The van der Waals surface area contributed by atoms with Crippen molar-refractivity contribution in [2.75, 3.05) is 0 Å². The van der Waals surface area contributed by atoms with E-state index in [1.165, 1.54) is 6.07 Å². The number of aliphatic hydroxyl groups is 3. The number of fused-ring (bicyclic) bond motifs is 3. The van der Waals surface area contributed by atoms with E-state index in [1.54, 1.807) is 19.9 Å². The number of hydrogen-bond acceptors (Lipinski definition) is 7. The quantitative estimate of drug-likeness (QED) is 0.458. The van der Waals surface area contributed by atoms with Gasteiger partial charge in [0.1, 0.15) is 22.8 Å². The molecule has 0 aromatic heterocycles. The first-order valence-corrected chi connectivity index (χ1v) is 12.5. The molecule has 2 aromatic rings. The van der Waals surface area contributed by atoms with Crippen LogP contribution in [0.4, 0.5) is 0 Å². The van der Waals surface area contributed by atoms with E-state index in [0.717, 1.165) is 23.6 Å². The average Bonchev–Trinajstić information content (AvgIpc) is 2.82. The number of hydrogen-bond donors (Lipinski definition) is 4. The largest absolute Gasteiger partial charge is 0.508 e. The van der Waals surface area contributed by atoms with Gasteiger partial charge in [0, 0.05) is 17.4 Å². The average molecular weight is 503 g/mol. The number of carbonyl (C=O) groups excluding carboxylic acids is 3. The van der Waals surface area contributed by atoms with Gasteiger partial charge in [-0.3, -0.25) is 14.4 Å². The van der Waals surface area contributed by atoms with Crippen LogP contribution in [-0.2, 0) is 20.8 Å². The van der Waals surface area contributed by atoms with Crippen LogP contribution in [0.1, 0.15) is 43.9 Å². The van der Waals surface area contributed by atoms with Gasteiger partial charge in [-0.25, -0.2) is 0 Å². The Kier molecular flexibility index (Phi) is 5.68. The molecule has 0 radical (unpaired) electrons. The minimum atomic E-state index is -2.52. The van der Waals surface area contributed by atoms with E-state index in [1.807, 2.05) is 31.2 Å². The Hall–Kier alpha value is -3.71. The van der Waals surface area contributed by atoms with Crippen molar-refractivity contribution < 1.29 is 34.8 Å². The number of Topliss-reactive ketones (excluding diaryl/α,β-unsaturated/α-hetero) is 3. The molecule has 3 aliphatic carbocycles. The summed E-state index contributed by atoms with van der Waals surface area (Å²) in [4.78, 5) is 39.5. The lowest BCUT2D eigenvalue weighted by Gasteiger charge is -2.50. The summed E-state index contributed by atoms with van der Waals surface area (Å²) < 4.78 is 0. The summed E-state index contributed by atoms with van der Waals surface area (Å²) in [6.45, 7) is 6.64. The number of benzene rings is 2. The van der Waals surface area contributed by atoms with Gasteiger partial charge in [0.25, 0.3) is 0 Å². The molecule has 1 saturated carbocycles. The summed E-state index contributed by atoms with van der Waals surface area (Å²) in [6.07, 6.45) is 0.418. The van der Waals surface area contributed by atoms with Crippen LogP contribution in [0.3, 0.4) is 0 Å². The summed E-state index contributed by atoms with van der Waals surface area (Å²) in [5, 5.41) is 44.8. The molecule has 0 saturated heterocycles. The summed E-state index contributed by atoms with van der Waals surface area (Å²) in [6, 6.07) is 11.0. The molecule has 192 valence electrons. The highest BCUT2D eigenvalue weighted by Gasteiger charge is 2.63. The summed E-state index contributed by atoms with van der Waals surface area (Å²) >= 11 is 0. The van der Waals surface area contributed by atoms with Crippen LogP contribution in [0.2, 0.25) is 0 Å². The lowest BCUT2D eigenvalue weighted by Crippen LogP contribution is -2.61. The number of rotatable bonds is 3. The summed E-state index contributed by atoms with van der Waals surface area (Å²) in [7, 11) is 0. The number of aliphatic hydroxyl groups excluding tert-OH is 2. The Labute approximate surface area is 214 Å². The second kappa shape index (κ2) is 8.42. The fourth-order valence-electron chi connectivity index (χ4n) is 6.59. The van der Waals surface area contributed by atoms with Gasteiger partial charge in [0.05, 0.1) is 5.56 Å². The van der Waals surface area contributed by atoms with Crippen LogP contribution in [0.5, 0.6) is 5.75 Å². The van der Waals surface area contributed by atoms with Crippen LogP contribution in [0.15, 0.2) is 53.3 Å². The third-order valence-electron chi connectivity index (χ3n) is 8.32. The highest BCUT2D eigenvalue weighted by atomic mass is 16.3. The van der Waals surface area contributed by atoms with E-state index < -0.39 is 57.8 Å². The van der Waals surface area contributed by atoms with E-state index in [9.17, 15) is 34.8 Å². The molecular weight excluding hydrogens is 472 g/mol. The fraction of sp³-hybridized carbons (Fsp3) is 0.367. The Bertz CT molecular complexity index is 1430. The minimum Gasteiger partial charge on any atom is -0.508 e. The third kappa shape index (κ3) is 3.40. The SMILES string of the molecule is CC(=O)C1=C(O)[C@]2(O)C(=O)C3=C(O)c4c(O)ccc(-c5ccc(C)cc5)c4C[C@@H]3C[C@@H]2C(C(C)C)C1=O. The fourth-order valence-corrected chi connectivity index (χ4v) is 6.59. The first kappa shape index (κ1) is 25.0. The molecule has 5 rings (SSSR count). The normalized spacial score (nSPS) is 27.2. The number of carbonyl (C=O) groups is 3. The van der Waals surface area contributed by atoms with Gasteiger partial charge >= 0.3 is 0 Å². The second-order valence-corrected chi connectivity index (χ2v) is 10.9. The van der Waals surface area contributed by atoms with E-state index >= 15 is 0 Å². The number of allylic oxidation sites excluding steroid dienone is 1. The number of aromatic hydroxyl groups is 1. The van der Waals surface area contributed by atoms with Crippen LogP contribution in [0.25, 0.3) is 16.9 Å². The zero-order valence-electron chi connectivity index (χ0n) is 21.2. The molecule has 1 fully saturated rings. The van der Waals surface area contributed by atoms with E-state index in [2.05, 4.69) is 0 Å². The lowest BCUT2D eigenvalue weighted by atomic mass is 9.54. The summed E-state index contributed by atoms with van der Waals surface area (Å²) in [5.41, 5.74) is 0.357. The molecular formula is C30H30O7. The molecule has 7 heteroatoms. The Morgan fingerprint density at radius 3 is 2.27 bits per heavy atom. The molecule has 0 spiro atoms. The molecule has 2 aromatic carbocycles. The molecule has 4 atom stereocenters. The van der Waals surface area contributed by atoms with Crippen molar-refractivity contribution in [1.29, 1.82) is 0 Å². The van der Waals surface area contributed by atoms with Gasteiger partial charge in [0.2, 0.25) is 5.78 Å². The van der Waals surface area contributed by atoms with Crippen molar-refractivity contribution >= 4 is 23.1 Å². The van der Waals surface area contributed by atoms with Gasteiger partial charge in [0.15, 0.2) is 17.2 Å². The number of phenols is 1. The summed E-state index contributed by atoms with van der Waals surface area (Å²) in [5.74, 6) is -6.57. The van der Waals surface area contributed by atoms with Crippen LogP contribution < -0.4 is 0 Å². The molecule has 37 heavy (non-hydrogen) atoms. The van der Waals surface area contributed by atoms with Crippen molar-refractivity contribution in [3.63, 3.8) is 0 Å². The lowest BCUT2D eigenvalue weighted by molar-refractivity contribution is -0.155. The van der Waals surface area contributed by atoms with Crippen LogP contribution in [-0.4, -0.2) is 43.4 Å². The zero-order chi connectivity index (χ0) is 27.0. The van der Waals surface area contributed by atoms with Crippen molar-refractivity contribution in [3.05, 3.63) is 70.0 Å². The third-order valence-corrected chi connectivity index (χ3v) is 8.32. The van der Waals surface area contributed by atoms with Crippen molar-refractivity contribution in [3.8, 4) is 16.9 Å². The molecule has 3 aliphatic rings. The van der Waals surface area contributed by atoms with E-state index in [0.29, 0.717) is 5.56 Å². The Morgan fingerprint density at radius 1 is 1.03 bits per heavy atom. The standard InChI is InChI=1S/C30H30O7/c1-13(2)22-20-12-17-11-19-18(16-7-5-14(3)6-8-16)9-10-21(32)25(19)27(34)24(17)29(36)30(20,37)28(35)23(15(4)31)26(22)33/h5-10,13,17,20,22,32,34-35,37H,11-12H2,1-4H3/t17-,20-,22?,30+/m1/s1. The van der Waals surface area contributed by atoms with Gasteiger partial charge < -0.3 is 20.4 Å². The van der Waals surface area contributed by atoms with Crippen LogP contribution >= 0.6 is 0 Å². The van der Waals surface area contributed by atoms with E-state index in [4.69, 9.17) is 0 Å². The van der Waals surface area contributed by atoms with Crippen molar-refractivity contribution in [2.45, 2.75) is 46.1 Å². The van der Waals surface area contributed by atoms with Gasteiger partial charge in [-0.15, -0.1) is 0 Å². The van der Waals surface area contributed by atoms with Crippen molar-refractivity contribution in [2.24, 2.45) is 23.7 Å². The second-order valence-electron chi connectivity index (χ2n) is 10.9. The maximum Gasteiger partial charge on any atom is 0.202 e. The van der Waals surface area contributed by atoms with Crippen molar-refractivity contribution in [1.82, 2.24) is 0 Å². The van der Waals surface area contributed by atoms with Crippen LogP contribution in [0, 0.1) is 30.6 Å². The smallest absolute Gasteiger partial charge is 0.202 e. The van der Waals surface area contributed by atoms with E-state index in [-0.39, 0.29) is 35.6 Å². The highest BCUT2D eigenvalue weighted by molar-refractivity contribution is 6.24. The van der Waals surface area contributed by atoms with Gasteiger partial charge in [-0.2, -0.15) is 0 Å². The predicted octanol–water partition coefficient (Wildman–Crippen LogP) is 4.39. The molecule has 7 nitrogen and oxygen atoms in total. The number of phenolic OH excluding ortho intramolecular Hbond substituents is 1. The number of aryl methyl sites for hydroxylation is 1. The monoisotopic (exact) mass is 502 g/mol. The zero-order valence-corrected chi connectivity index (χ0v) is 21.2. The first-order chi connectivity index (χ1) is 17.4. The number of ketones is 3. The Balaban J connectivity index is 1.74. The first-order valence-electron chi connectivity index (χ1n) is 12.5. The molecule has 0 aliphatic heterocycles. The highest BCUT2D eigenvalue weighted by Crippen LogP contribution is 2.55. The van der Waals surface area contributed by atoms with Gasteiger partial charge in [-0.05, 0) is 61.3 Å².